The molecule has 1 unspecified atom stereocenters. The molecule has 0 spiro atoms. The molecule has 0 aromatic heterocycles. The van der Waals surface area contributed by atoms with Gasteiger partial charge in [0.25, 0.3) is 0 Å². The lowest BCUT2D eigenvalue weighted by atomic mass is 10.1. The third kappa shape index (κ3) is 5.70. The van der Waals surface area contributed by atoms with Gasteiger partial charge in [-0.25, -0.2) is 0 Å². The molecule has 1 aliphatic carbocycles. The van der Waals surface area contributed by atoms with Crippen molar-refractivity contribution in [1.29, 1.82) is 0 Å². The predicted octanol–water partition coefficient (Wildman–Crippen LogP) is 1.42. The fourth-order valence-corrected chi connectivity index (χ4v) is 1.81. The average Bonchev–Trinajstić information content (AvgIpc) is 3.05. The maximum absolute atomic E-state index is 12.1. The average molecular weight is 265 g/mol. The standard InChI is InChI=1S/C12H24N2O2.ClH/c1-9(2)8-14(10-4-5-10)12(15)6-11(7-13)16-3;/h9-11H,4-8,13H2,1-3H3;1H. The van der Waals surface area contributed by atoms with Gasteiger partial charge >= 0.3 is 0 Å². The van der Waals surface area contributed by atoms with Crippen molar-refractivity contribution in [3.63, 3.8) is 0 Å². The van der Waals surface area contributed by atoms with Crippen LogP contribution in [0.4, 0.5) is 0 Å². The minimum Gasteiger partial charge on any atom is -0.380 e. The minimum atomic E-state index is -0.138. The summed E-state index contributed by atoms with van der Waals surface area (Å²) in [6.45, 7) is 5.53. The Morgan fingerprint density at radius 1 is 1.47 bits per heavy atom. The van der Waals surface area contributed by atoms with E-state index in [0.29, 0.717) is 24.9 Å². The van der Waals surface area contributed by atoms with Gasteiger partial charge in [-0.3, -0.25) is 4.79 Å². The summed E-state index contributed by atoms with van der Waals surface area (Å²) in [5, 5.41) is 0. The first-order chi connectivity index (χ1) is 7.58. The Bertz CT molecular complexity index is 229. The van der Waals surface area contributed by atoms with Crippen LogP contribution < -0.4 is 5.73 Å². The second-order valence-electron chi connectivity index (χ2n) is 4.97. The number of halogens is 1. The SMILES string of the molecule is COC(CN)CC(=O)N(CC(C)C)C1CC1.Cl. The summed E-state index contributed by atoms with van der Waals surface area (Å²) in [5.41, 5.74) is 5.53. The van der Waals surface area contributed by atoms with Crippen LogP contribution in [0, 0.1) is 5.92 Å². The molecule has 0 aromatic carbocycles. The lowest BCUT2D eigenvalue weighted by Gasteiger charge is -2.26. The Morgan fingerprint density at radius 2 is 2.06 bits per heavy atom. The van der Waals surface area contributed by atoms with Crippen LogP contribution >= 0.6 is 12.4 Å². The molecule has 1 saturated carbocycles. The highest BCUT2D eigenvalue weighted by Gasteiger charge is 2.33. The first kappa shape index (κ1) is 16.7. The van der Waals surface area contributed by atoms with Crippen LogP contribution in [0.2, 0.25) is 0 Å². The summed E-state index contributed by atoms with van der Waals surface area (Å²) in [7, 11) is 1.61. The molecule has 1 aliphatic rings. The molecule has 1 fully saturated rings. The molecule has 2 N–H and O–H groups in total. The number of nitrogens with zero attached hydrogens (tertiary/aromatic N) is 1. The van der Waals surface area contributed by atoms with Crippen molar-refractivity contribution in [3.8, 4) is 0 Å². The fraction of sp³-hybridized carbons (Fsp3) is 0.917. The molecule has 0 saturated heterocycles. The van der Waals surface area contributed by atoms with E-state index in [0.717, 1.165) is 19.4 Å². The van der Waals surface area contributed by atoms with E-state index in [1.54, 1.807) is 7.11 Å². The van der Waals surface area contributed by atoms with Gasteiger partial charge in [0.1, 0.15) is 0 Å². The number of hydrogen-bond acceptors (Lipinski definition) is 3. The van der Waals surface area contributed by atoms with Crippen molar-refractivity contribution in [3.05, 3.63) is 0 Å². The lowest BCUT2D eigenvalue weighted by molar-refractivity contribution is -0.134. The number of ether oxygens (including phenoxy) is 1. The normalized spacial score (nSPS) is 16.5. The molecule has 102 valence electrons. The van der Waals surface area contributed by atoms with Crippen molar-refractivity contribution in [2.45, 2.75) is 45.3 Å². The summed E-state index contributed by atoms with van der Waals surface area (Å²) >= 11 is 0. The van der Waals surface area contributed by atoms with Crippen molar-refractivity contribution >= 4 is 18.3 Å². The van der Waals surface area contributed by atoms with E-state index in [1.807, 2.05) is 4.90 Å². The minimum absolute atomic E-state index is 0. The third-order valence-electron chi connectivity index (χ3n) is 2.87. The number of hydrogen-bond donors (Lipinski definition) is 1. The number of carbonyl (C=O) groups excluding carboxylic acids is 1. The highest BCUT2D eigenvalue weighted by atomic mass is 35.5. The van der Waals surface area contributed by atoms with E-state index in [-0.39, 0.29) is 24.4 Å². The van der Waals surface area contributed by atoms with E-state index >= 15 is 0 Å². The van der Waals surface area contributed by atoms with Crippen LogP contribution in [0.3, 0.4) is 0 Å². The van der Waals surface area contributed by atoms with Gasteiger partial charge in [0.15, 0.2) is 0 Å². The van der Waals surface area contributed by atoms with Crippen LogP contribution in [0.1, 0.15) is 33.1 Å². The van der Waals surface area contributed by atoms with Gasteiger partial charge < -0.3 is 15.4 Å². The van der Waals surface area contributed by atoms with E-state index < -0.39 is 0 Å². The Hall–Kier alpha value is -0.320. The van der Waals surface area contributed by atoms with Crippen LogP contribution in [0.15, 0.2) is 0 Å². The van der Waals surface area contributed by atoms with Gasteiger partial charge in [0.05, 0.1) is 12.5 Å². The summed E-state index contributed by atoms with van der Waals surface area (Å²) in [5.74, 6) is 0.705. The highest BCUT2D eigenvalue weighted by Crippen LogP contribution is 2.28. The maximum atomic E-state index is 12.1. The molecular formula is C12H25ClN2O2. The second-order valence-corrected chi connectivity index (χ2v) is 4.97. The van der Waals surface area contributed by atoms with Crippen molar-refractivity contribution in [2.24, 2.45) is 11.7 Å². The van der Waals surface area contributed by atoms with E-state index in [2.05, 4.69) is 13.8 Å². The van der Waals surface area contributed by atoms with Crippen LogP contribution in [0.25, 0.3) is 0 Å². The van der Waals surface area contributed by atoms with E-state index in [4.69, 9.17) is 10.5 Å². The van der Waals surface area contributed by atoms with E-state index in [9.17, 15) is 4.79 Å². The second kappa shape index (κ2) is 7.90. The molecule has 4 nitrogen and oxygen atoms in total. The van der Waals surface area contributed by atoms with Crippen molar-refractivity contribution < 1.29 is 9.53 Å². The number of nitrogens with two attached hydrogens (primary N) is 1. The first-order valence-corrected chi connectivity index (χ1v) is 6.10. The molecule has 0 aromatic rings. The quantitative estimate of drug-likeness (QED) is 0.757. The topological polar surface area (TPSA) is 55.6 Å². The molecule has 1 atom stereocenters. The molecule has 1 amide bonds. The summed E-state index contributed by atoms with van der Waals surface area (Å²) in [4.78, 5) is 14.1. The van der Waals surface area contributed by atoms with Gasteiger partial charge in [-0.05, 0) is 18.8 Å². The fourth-order valence-electron chi connectivity index (χ4n) is 1.81. The Kier molecular flexibility index (Phi) is 7.75. The molecule has 0 aliphatic heterocycles. The van der Waals surface area contributed by atoms with E-state index in [1.165, 1.54) is 0 Å². The molecule has 0 bridgehead atoms. The zero-order valence-corrected chi connectivity index (χ0v) is 11.8. The first-order valence-electron chi connectivity index (χ1n) is 6.10. The predicted molar refractivity (Wildman–Crippen MR) is 71.3 cm³/mol. The van der Waals surface area contributed by atoms with Gasteiger partial charge in [0, 0.05) is 26.2 Å². The molecule has 1 rings (SSSR count). The number of rotatable bonds is 7. The third-order valence-corrected chi connectivity index (χ3v) is 2.87. The highest BCUT2D eigenvalue weighted by molar-refractivity contribution is 5.85. The lowest BCUT2D eigenvalue weighted by Crippen LogP contribution is -2.39. The summed E-state index contributed by atoms with van der Waals surface area (Å²) < 4.78 is 5.15. The summed E-state index contributed by atoms with van der Waals surface area (Å²) in [6.07, 6.45) is 2.58. The van der Waals surface area contributed by atoms with Gasteiger partial charge in [-0.1, -0.05) is 13.8 Å². The monoisotopic (exact) mass is 264 g/mol. The van der Waals surface area contributed by atoms with Crippen LogP contribution in [-0.4, -0.2) is 43.2 Å². The van der Waals surface area contributed by atoms with Gasteiger partial charge in [0.2, 0.25) is 5.91 Å². The Morgan fingerprint density at radius 3 is 2.41 bits per heavy atom. The Labute approximate surface area is 110 Å². The molecule has 0 heterocycles. The summed E-state index contributed by atoms with van der Waals surface area (Å²) in [6, 6.07) is 0.477. The maximum Gasteiger partial charge on any atom is 0.225 e. The molecule has 17 heavy (non-hydrogen) atoms. The largest absolute Gasteiger partial charge is 0.380 e. The van der Waals surface area contributed by atoms with Crippen LogP contribution in [0.5, 0.6) is 0 Å². The van der Waals surface area contributed by atoms with Gasteiger partial charge in [-0.15, -0.1) is 12.4 Å². The molecule has 0 radical (unpaired) electrons. The number of methoxy groups -OCH3 is 1. The zero-order valence-electron chi connectivity index (χ0n) is 11.0. The number of amides is 1. The van der Waals surface area contributed by atoms with Crippen molar-refractivity contribution in [1.82, 2.24) is 4.90 Å². The Balaban J connectivity index is 0.00000256. The molecule has 5 heteroatoms. The van der Waals surface area contributed by atoms with Crippen LogP contribution in [-0.2, 0) is 9.53 Å². The molecular weight excluding hydrogens is 240 g/mol. The van der Waals surface area contributed by atoms with Crippen molar-refractivity contribution in [2.75, 3.05) is 20.2 Å². The smallest absolute Gasteiger partial charge is 0.225 e. The number of carbonyl (C=O) groups is 1. The van der Waals surface area contributed by atoms with Gasteiger partial charge in [-0.2, -0.15) is 0 Å². The zero-order chi connectivity index (χ0) is 12.1.